The van der Waals surface area contributed by atoms with Gasteiger partial charge in [0, 0.05) is 18.4 Å². The Kier molecular flexibility index (Phi) is 3.26. The van der Waals surface area contributed by atoms with Gasteiger partial charge in [-0.3, -0.25) is 4.98 Å². The topological polar surface area (TPSA) is 24.9 Å². The summed E-state index contributed by atoms with van der Waals surface area (Å²) >= 11 is 0. The molecule has 1 atom stereocenters. The molecule has 0 aliphatic heterocycles. The van der Waals surface area contributed by atoms with Crippen LogP contribution < -0.4 is 5.32 Å². The van der Waals surface area contributed by atoms with E-state index >= 15 is 0 Å². The van der Waals surface area contributed by atoms with Gasteiger partial charge in [0.15, 0.2) is 0 Å². The van der Waals surface area contributed by atoms with Gasteiger partial charge in [-0.05, 0) is 41.3 Å². The maximum absolute atomic E-state index is 4.35. The summed E-state index contributed by atoms with van der Waals surface area (Å²) < 4.78 is 0. The van der Waals surface area contributed by atoms with E-state index in [1.54, 1.807) is 0 Å². The molecule has 1 aliphatic carbocycles. The second-order valence-electron chi connectivity index (χ2n) is 6.75. The monoisotopic (exact) mass is 246 g/mol. The number of nitrogens with zero attached hydrogens (tertiary/aromatic N) is 1. The van der Waals surface area contributed by atoms with Gasteiger partial charge in [0.05, 0.1) is 0 Å². The van der Waals surface area contributed by atoms with Crippen molar-refractivity contribution in [1.82, 2.24) is 10.3 Å². The first-order chi connectivity index (χ1) is 8.32. The van der Waals surface area contributed by atoms with Crippen molar-refractivity contribution in [2.45, 2.75) is 47.6 Å². The third kappa shape index (κ3) is 1.97. The zero-order valence-corrected chi connectivity index (χ0v) is 12.5. The molecule has 0 aromatic carbocycles. The van der Waals surface area contributed by atoms with Crippen LogP contribution in [0.1, 0.15) is 51.8 Å². The van der Waals surface area contributed by atoms with E-state index in [4.69, 9.17) is 0 Å². The van der Waals surface area contributed by atoms with E-state index in [0.29, 0.717) is 22.8 Å². The van der Waals surface area contributed by atoms with Crippen molar-refractivity contribution in [3.05, 3.63) is 29.6 Å². The lowest BCUT2D eigenvalue weighted by Crippen LogP contribution is -2.25. The highest BCUT2D eigenvalue weighted by atomic mass is 15.0. The number of aryl methyl sites for hydroxylation is 1. The van der Waals surface area contributed by atoms with E-state index in [-0.39, 0.29) is 0 Å². The normalized spacial score (nSPS) is 22.8. The van der Waals surface area contributed by atoms with Crippen molar-refractivity contribution in [2.24, 2.45) is 16.7 Å². The zero-order chi connectivity index (χ0) is 13.6. The predicted molar refractivity (Wildman–Crippen MR) is 76.4 cm³/mol. The zero-order valence-electron chi connectivity index (χ0n) is 12.5. The Balaban J connectivity index is 2.31. The van der Waals surface area contributed by atoms with E-state index in [2.05, 4.69) is 57.9 Å². The minimum Gasteiger partial charge on any atom is -0.310 e. The second kappa shape index (κ2) is 4.34. The summed E-state index contributed by atoms with van der Waals surface area (Å²) in [6.45, 7) is 14.8. The molecule has 1 fully saturated rings. The molecule has 1 heterocycles. The molecule has 1 saturated carbocycles. The van der Waals surface area contributed by atoms with Crippen molar-refractivity contribution in [1.29, 1.82) is 0 Å². The lowest BCUT2D eigenvalue weighted by atomic mass is 9.97. The first kappa shape index (κ1) is 13.5. The number of aromatic nitrogens is 1. The fourth-order valence-electron chi connectivity index (χ4n) is 3.48. The van der Waals surface area contributed by atoms with Gasteiger partial charge in [-0.1, -0.05) is 40.7 Å². The van der Waals surface area contributed by atoms with E-state index in [9.17, 15) is 0 Å². The summed E-state index contributed by atoms with van der Waals surface area (Å²) in [6.07, 6.45) is 3.94. The summed E-state index contributed by atoms with van der Waals surface area (Å²) in [4.78, 5) is 4.35. The number of hydrogen-bond acceptors (Lipinski definition) is 2. The van der Waals surface area contributed by atoms with Gasteiger partial charge in [0.2, 0.25) is 0 Å². The van der Waals surface area contributed by atoms with Crippen LogP contribution in [0.25, 0.3) is 0 Å². The molecular weight excluding hydrogens is 220 g/mol. The molecule has 0 amide bonds. The standard InChI is InChI=1S/C16H26N2/c1-7-18-13(12-8-11(2)9-17-10-12)14-15(3,4)16(14,5)6/h8-10,13-14,18H,7H2,1-6H3. The number of hydrogen-bond donors (Lipinski definition) is 1. The van der Waals surface area contributed by atoms with Crippen molar-refractivity contribution in [3.63, 3.8) is 0 Å². The average Bonchev–Trinajstić information content (AvgIpc) is 2.67. The number of rotatable bonds is 4. The van der Waals surface area contributed by atoms with Gasteiger partial charge in [-0.2, -0.15) is 0 Å². The molecular formula is C16H26N2. The van der Waals surface area contributed by atoms with Crippen molar-refractivity contribution in [3.8, 4) is 0 Å². The van der Waals surface area contributed by atoms with Gasteiger partial charge in [0.25, 0.3) is 0 Å². The Morgan fingerprint density at radius 1 is 1.22 bits per heavy atom. The fraction of sp³-hybridized carbons (Fsp3) is 0.688. The predicted octanol–water partition coefficient (Wildman–Crippen LogP) is 3.72. The van der Waals surface area contributed by atoms with Crippen LogP contribution in [-0.4, -0.2) is 11.5 Å². The van der Waals surface area contributed by atoms with Crippen molar-refractivity contribution in [2.75, 3.05) is 6.54 Å². The van der Waals surface area contributed by atoms with Crippen LogP contribution in [0.15, 0.2) is 18.5 Å². The Morgan fingerprint density at radius 3 is 2.28 bits per heavy atom. The second-order valence-corrected chi connectivity index (χ2v) is 6.75. The average molecular weight is 246 g/mol. The maximum Gasteiger partial charge on any atom is 0.0374 e. The highest BCUT2D eigenvalue weighted by molar-refractivity contribution is 5.27. The van der Waals surface area contributed by atoms with Crippen LogP contribution in [0.3, 0.4) is 0 Å². The quantitative estimate of drug-likeness (QED) is 0.875. The van der Waals surface area contributed by atoms with Crippen molar-refractivity contribution >= 4 is 0 Å². The highest BCUT2D eigenvalue weighted by Gasteiger charge is 2.67. The fourth-order valence-corrected chi connectivity index (χ4v) is 3.48. The van der Waals surface area contributed by atoms with E-state index in [1.807, 2.05) is 12.4 Å². The minimum absolute atomic E-state index is 0.392. The van der Waals surface area contributed by atoms with Crippen LogP contribution in [0.2, 0.25) is 0 Å². The van der Waals surface area contributed by atoms with Gasteiger partial charge in [-0.25, -0.2) is 0 Å². The van der Waals surface area contributed by atoms with Gasteiger partial charge in [0.1, 0.15) is 0 Å². The molecule has 1 N–H and O–H groups in total. The van der Waals surface area contributed by atoms with Gasteiger partial charge >= 0.3 is 0 Å². The van der Waals surface area contributed by atoms with Crippen LogP contribution >= 0.6 is 0 Å². The van der Waals surface area contributed by atoms with Crippen molar-refractivity contribution < 1.29 is 0 Å². The molecule has 100 valence electrons. The summed E-state index contributed by atoms with van der Waals surface area (Å²) in [6, 6.07) is 2.69. The van der Waals surface area contributed by atoms with Crippen LogP contribution in [0, 0.1) is 23.7 Å². The smallest absolute Gasteiger partial charge is 0.0374 e. The Labute approximate surface area is 111 Å². The minimum atomic E-state index is 0.392. The molecule has 1 aliphatic rings. The van der Waals surface area contributed by atoms with Crippen LogP contribution in [-0.2, 0) is 0 Å². The summed E-state index contributed by atoms with van der Waals surface area (Å²) in [7, 11) is 0. The van der Waals surface area contributed by atoms with Gasteiger partial charge < -0.3 is 5.32 Å². The highest BCUT2D eigenvalue weighted by Crippen LogP contribution is 2.72. The Hall–Kier alpha value is -0.890. The molecule has 1 unspecified atom stereocenters. The third-order valence-electron chi connectivity index (χ3n) is 5.14. The van der Waals surface area contributed by atoms with E-state index < -0.39 is 0 Å². The van der Waals surface area contributed by atoms with E-state index in [1.165, 1.54) is 11.1 Å². The summed E-state index contributed by atoms with van der Waals surface area (Å²) in [5.41, 5.74) is 3.36. The molecule has 2 nitrogen and oxygen atoms in total. The molecule has 0 spiro atoms. The van der Waals surface area contributed by atoms with Gasteiger partial charge in [-0.15, -0.1) is 0 Å². The molecule has 0 bridgehead atoms. The van der Waals surface area contributed by atoms with Crippen LogP contribution in [0.4, 0.5) is 0 Å². The number of nitrogens with one attached hydrogen (secondary N) is 1. The molecule has 0 radical (unpaired) electrons. The molecule has 1 aromatic heterocycles. The number of pyridine rings is 1. The molecule has 2 rings (SSSR count). The molecule has 2 heteroatoms. The molecule has 0 saturated heterocycles. The van der Waals surface area contributed by atoms with E-state index in [0.717, 1.165) is 6.54 Å². The third-order valence-corrected chi connectivity index (χ3v) is 5.14. The first-order valence-corrected chi connectivity index (χ1v) is 6.97. The summed E-state index contributed by atoms with van der Waals surface area (Å²) in [5, 5.41) is 3.66. The molecule has 1 aromatic rings. The lowest BCUT2D eigenvalue weighted by Gasteiger charge is -2.21. The summed E-state index contributed by atoms with van der Waals surface area (Å²) in [5.74, 6) is 0.675. The SMILES string of the molecule is CCNC(c1cncc(C)c1)C1C(C)(C)C1(C)C. The molecule has 18 heavy (non-hydrogen) atoms. The van der Waals surface area contributed by atoms with Crippen LogP contribution in [0.5, 0.6) is 0 Å². The first-order valence-electron chi connectivity index (χ1n) is 6.97. The largest absolute Gasteiger partial charge is 0.310 e. The Morgan fingerprint density at radius 2 is 1.83 bits per heavy atom. The lowest BCUT2D eigenvalue weighted by molar-refractivity contribution is 0.417. The maximum atomic E-state index is 4.35. The Bertz CT molecular complexity index is 420.